The summed E-state index contributed by atoms with van der Waals surface area (Å²) in [6.45, 7) is 2.58. The molecule has 0 spiro atoms. The van der Waals surface area contributed by atoms with Crippen LogP contribution in [-0.4, -0.2) is 45.6 Å². The second-order valence-corrected chi connectivity index (χ2v) is 3.47. The SMILES string of the molecule is CNc1cncc(OCCCOCCOC)c1. The van der Waals surface area contributed by atoms with Gasteiger partial charge in [0.2, 0.25) is 0 Å². The Morgan fingerprint density at radius 3 is 2.82 bits per heavy atom. The van der Waals surface area contributed by atoms with Crippen LogP contribution in [0, 0.1) is 0 Å². The van der Waals surface area contributed by atoms with Crippen molar-refractivity contribution < 1.29 is 14.2 Å². The smallest absolute Gasteiger partial charge is 0.139 e. The van der Waals surface area contributed by atoms with E-state index in [-0.39, 0.29) is 0 Å². The number of anilines is 1. The van der Waals surface area contributed by atoms with Crippen LogP contribution in [0.15, 0.2) is 18.5 Å². The lowest BCUT2D eigenvalue weighted by Crippen LogP contribution is -2.07. The molecule has 5 heteroatoms. The van der Waals surface area contributed by atoms with Crippen LogP contribution >= 0.6 is 0 Å². The van der Waals surface area contributed by atoms with Crippen molar-refractivity contribution in [1.82, 2.24) is 4.98 Å². The lowest BCUT2D eigenvalue weighted by molar-refractivity contribution is 0.0644. The summed E-state index contributed by atoms with van der Waals surface area (Å²) in [5, 5.41) is 3.01. The summed E-state index contributed by atoms with van der Waals surface area (Å²) in [5.74, 6) is 0.772. The molecule has 1 rings (SSSR count). The van der Waals surface area contributed by atoms with Crippen molar-refractivity contribution in [2.24, 2.45) is 0 Å². The normalized spacial score (nSPS) is 10.2. The van der Waals surface area contributed by atoms with Gasteiger partial charge in [0.1, 0.15) is 5.75 Å². The fourth-order valence-electron chi connectivity index (χ4n) is 1.23. The van der Waals surface area contributed by atoms with Gasteiger partial charge in [-0.1, -0.05) is 0 Å². The van der Waals surface area contributed by atoms with Crippen molar-refractivity contribution >= 4 is 5.69 Å². The zero-order chi connectivity index (χ0) is 12.3. The Bertz CT molecular complexity index is 308. The van der Waals surface area contributed by atoms with E-state index >= 15 is 0 Å². The number of rotatable bonds is 9. The zero-order valence-corrected chi connectivity index (χ0v) is 10.4. The average Bonchev–Trinajstić information content (AvgIpc) is 2.38. The summed E-state index contributed by atoms with van der Waals surface area (Å²) in [6.07, 6.45) is 4.31. The first-order valence-corrected chi connectivity index (χ1v) is 5.69. The van der Waals surface area contributed by atoms with E-state index in [0.717, 1.165) is 17.9 Å². The number of hydrogen-bond donors (Lipinski definition) is 1. The van der Waals surface area contributed by atoms with E-state index in [9.17, 15) is 0 Å². The zero-order valence-electron chi connectivity index (χ0n) is 10.4. The summed E-state index contributed by atoms with van der Waals surface area (Å²) >= 11 is 0. The van der Waals surface area contributed by atoms with Gasteiger partial charge in [-0.15, -0.1) is 0 Å². The van der Waals surface area contributed by atoms with E-state index < -0.39 is 0 Å². The van der Waals surface area contributed by atoms with Gasteiger partial charge in [-0.25, -0.2) is 0 Å². The maximum atomic E-state index is 5.54. The van der Waals surface area contributed by atoms with Crippen LogP contribution in [-0.2, 0) is 9.47 Å². The molecule has 1 heterocycles. The predicted octanol–water partition coefficient (Wildman–Crippen LogP) is 1.56. The predicted molar refractivity (Wildman–Crippen MR) is 66.6 cm³/mol. The van der Waals surface area contributed by atoms with Crippen LogP contribution in [0.2, 0.25) is 0 Å². The molecular formula is C12H20N2O3. The highest BCUT2D eigenvalue weighted by Crippen LogP contribution is 2.14. The molecule has 0 saturated heterocycles. The molecule has 1 aromatic heterocycles. The van der Waals surface area contributed by atoms with Crippen LogP contribution in [0.4, 0.5) is 5.69 Å². The third-order valence-corrected chi connectivity index (χ3v) is 2.14. The maximum absolute atomic E-state index is 5.54. The number of pyridine rings is 1. The topological polar surface area (TPSA) is 52.6 Å². The van der Waals surface area contributed by atoms with Gasteiger partial charge in [0.25, 0.3) is 0 Å². The Hall–Kier alpha value is -1.33. The van der Waals surface area contributed by atoms with Gasteiger partial charge in [-0.05, 0) is 0 Å². The number of methoxy groups -OCH3 is 1. The van der Waals surface area contributed by atoms with E-state index in [1.54, 1.807) is 19.5 Å². The molecule has 0 unspecified atom stereocenters. The molecule has 0 amide bonds. The summed E-state index contributed by atoms with van der Waals surface area (Å²) in [4.78, 5) is 4.06. The molecule has 5 nitrogen and oxygen atoms in total. The van der Waals surface area contributed by atoms with Gasteiger partial charge >= 0.3 is 0 Å². The Labute approximate surface area is 102 Å². The first kappa shape index (κ1) is 13.7. The monoisotopic (exact) mass is 240 g/mol. The fraction of sp³-hybridized carbons (Fsp3) is 0.583. The second kappa shape index (κ2) is 8.78. The van der Waals surface area contributed by atoms with Crippen molar-refractivity contribution in [3.8, 4) is 5.75 Å². The highest BCUT2D eigenvalue weighted by molar-refractivity contribution is 5.44. The van der Waals surface area contributed by atoms with Crippen LogP contribution in [0.3, 0.4) is 0 Å². The Kier molecular flexibility index (Phi) is 7.09. The molecular weight excluding hydrogens is 220 g/mol. The molecule has 0 aliphatic heterocycles. The van der Waals surface area contributed by atoms with Gasteiger partial charge in [0, 0.05) is 33.3 Å². The highest BCUT2D eigenvalue weighted by Gasteiger charge is 1.96. The van der Waals surface area contributed by atoms with Crippen LogP contribution in [0.5, 0.6) is 5.75 Å². The molecule has 1 N–H and O–H groups in total. The third-order valence-electron chi connectivity index (χ3n) is 2.14. The summed E-state index contributed by atoms with van der Waals surface area (Å²) in [5.41, 5.74) is 0.943. The Morgan fingerprint density at radius 1 is 1.18 bits per heavy atom. The molecule has 0 radical (unpaired) electrons. The van der Waals surface area contributed by atoms with Crippen molar-refractivity contribution in [3.05, 3.63) is 18.5 Å². The molecule has 0 saturated carbocycles. The minimum Gasteiger partial charge on any atom is -0.492 e. The van der Waals surface area contributed by atoms with Crippen LogP contribution in [0.1, 0.15) is 6.42 Å². The quantitative estimate of drug-likeness (QED) is 0.664. The lowest BCUT2D eigenvalue weighted by atomic mass is 10.4. The largest absolute Gasteiger partial charge is 0.492 e. The van der Waals surface area contributed by atoms with Crippen molar-refractivity contribution in [1.29, 1.82) is 0 Å². The van der Waals surface area contributed by atoms with Gasteiger partial charge < -0.3 is 19.5 Å². The molecule has 0 aromatic carbocycles. The number of nitrogens with zero attached hydrogens (tertiary/aromatic N) is 1. The second-order valence-electron chi connectivity index (χ2n) is 3.47. The number of ether oxygens (including phenoxy) is 3. The van der Waals surface area contributed by atoms with Gasteiger partial charge in [0.05, 0.1) is 37.9 Å². The summed E-state index contributed by atoms with van der Waals surface area (Å²) in [7, 11) is 3.51. The first-order valence-electron chi connectivity index (χ1n) is 5.69. The molecule has 0 fully saturated rings. The van der Waals surface area contributed by atoms with Crippen molar-refractivity contribution in [2.45, 2.75) is 6.42 Å². The molecule has 0 aliphatic rings. The van der Waals surface area contributed by atoms with Crippen molar-refractivity contribution in [2.75, 3.05) is 45.9 Å². The number of nitrogens with one attached hydrogen (secondary N) is 1. The highest BCUT2D eigenvalue weighted by atomic mass is 16.5. The van der Waals surface area contributed by atoms with Crippen LogP contribution in [0.25, 0.3) is 0 Å². The minimum absolute atomic E-state index is 0.627. The average molecular weight is 240 g/mol. The van der Waals surface area contributed by atoms with Gasteiger partial charge in [-0.3, -0.25) is 4.98 Å². The molecule has 0 aliphatic carbocycles. The standard InChI is InChI=1S/C12H20N2O3/c1-13-11-8-12(10-14-9-11)17-5-3-4-16-7-6-15-2/h8-10,13H,3-7H2,1-2H3. The molecule has 0 bridgehead atoms. The first-order chi connectivity index (χ1) is 8.36. The van der Waals surface area contributed by atoms with E-state index in [1.165, 1.54) is 0 Å². The lowest BCUT2D eigenvalue weighted by Gasteiger charge is -2.07. The number of aromatic nitrogens is 1. The Morgan fingerprint density at radius 2 is 2.06 bits per heavy atom. The number of hydrogen-bond acceptors (Lipinski definition) is 5. The van der Waals surface area contributed by atoms with Crippen molar-refractivity contribution in [3.63, 3.8) is 0 Å². The summed E-state index contributed by atoms with van der Waals surface area (Å²) in [6, 6.07) is 1.92. The van der Waals surface area contributed by atoms with E-state index in [4.69, 9.17) is 14.2 Å². The fourth-order valence-corrected chi connectivity index (χ4v) is 1.23. The summed E-state index contributed by atoms with van der Waals surface area (Å²) < 4.78 is 15.7. The molecule has 1 aromatic rings. The van der Waals surface area contributed by atoms with E-state index in [1.807, 2.05) is 13.1 Å². The molecule has 0 atom stereocenters. The van der Waals surface area contributed by atoms with E-state index in [2.05, 4.69) is 10.3 Å². The van der Waals surface area contributed by atoms with Gasteiger partial charge in [-0.2, -0.15) is 0 Å². The van der Waals surface area contributed by atoms with Gasteiger partial charge in [0.15, 0.2) is 0 Å². The van der Waals surface area contributed by atoms with Crippen LogP contribution < -0.4 is 10.1 Å². The minimum atomic E-state index is 0.627. The maximum Gasteiger partial charge on any atom is 0.139 e. The Balaban J connectivity index is 2.09. The molecule has 17 heavy (non-hydrogen) atoms. The molecule has 96 valence electrons. The van der Waals surface area contributed by atoms with E-state index in [0.29, 0.717) is 26.4 Å². The third kappa shape index (κ3) is 6.09.